The standard InChI is InChI=1S/C11H8Cl2F3N3OS/c1-18-10(21)19(9(17-18)11(14,15)16)7-3-6(13)8(20-2)4-5(7)12/h3-4H,1-2H3. The highest BCUT2D eigenvalue weighted by atomic mass is 35.5. The molecule has 21 heavy (non-hydrogen) atoms. The Morgan fingerprint density at radius 2 is 1.86 bits per heavy atom. The molecule has 2 rings (SSSR count). The van der Waals surface area contributed by atoms with Crippen LogP contribution in [0.2, 0.25) is 10.0 Å². The number of hydrogen-bond donors (Lipinski definition) is 0. The number of nitrogens with zero attached hydrogens (tertiary/aromatic N) is 3. The number of aromatic nitrogens is 3. The molecule has 1 aromatic carbocycles. The third kappa shape index (κ3) is 2.88. The van der Waals surface area contributed by atoms with Crippen molar-refractivity contribution in [1.29, 1.82) is 0 Å². The summed E-state index contributed by atoms with van der Waals surface area (Å²) in [4.78, 5) is 0. The number of hydrogen-bond acceptors (Lipinski definition) is 3. The van der Waals surface area contributed by atoms with E-state index in [1.165, 1.54) is 26.3 Å². The normalized spacial score (nSPS) is 11.8. The summed E-state index contributed by atoms with van der Waals surface area (Å²) in [6.07, 6.45) is -4.69. The molecule has 0 N–H and O–H groups in total. The Balaban J connectivity index is 2.79. The van der Waals surface area contributed by atoms with Crippen molar-refractivity contribution in [3.8, 4) is 11.4 Å². The Bertz CT molecular complexity index is 754. The monoisotopic (exact) mass is 357 g/mol. The van der Waals surface area contributed by atoms with Gasteiger partial charge in [-0.25, -0.2) is 4.68 Å². The van der Waals surface area contributed by atoms with E-state index < -0.39 is 12.0 Å². The van der Waals surface area contributed by atoms with Gasteiger partial charge in [0.25, 0.3) is 0 Å². The number of ether oxygens (including phenoxy) is 1. The average Bonchev–Trinajstić information content (AvgIpc) is 2.68. The van der Waals surface area contributed by atoms with Crippen molar-refractivity contribution in [2.45, 2.75) is 6.18 Å². The molecule has 0 fully saturated rings. The van der Waals surface area contributed by atoms with Crippen LogP contribution in [0.15, 0.2) is 12.1 Å². The summed E-state index contributed by atoms with van der Waals surface area (Å²) in [7, 11) is 2.68. The third-order valence-electron chi connectivity index (χ3n) is 2.64. The maximum absolute atomic E-state index is 13.1. The summed E-state index contributed by atoms with van der Waals surface area (Å²) in [6.45, 7) is 0. The van der Waals surface area contributed by atoms with Crippen LogP contribution in [-0.4, -0.2) is 21.5 Å². The van der Waals surface area contributed by atoms with Crippen molar-refractivity contribution in [1.82, 2.24) is 14.3 Å². The van der Waals surface area contributed by atoms with Crippen molar-refractivity contribution in [2.75, 3.05) is 7.11 Å². The van der Waals surface area contributed by atoms with Gasteiger partial charge < -0.3 is 4.74 Å². The summed E-state index contributed by atoms with van der Waals surface area (Å²) in [5, 5.41) is 3.50. The van der Waals surface area contributed by atoms with Gasteiger partial charge in [-0.05, 0) is 18.3 Å². The number of benzene rings is 1. The predicted octanol–water partition coefficient (Wildman–Crippen LogP) is 4.27. The minimum absolute atomic E-state index is 0.00542. The van der Waals surface area contributed by atoms with Crippen molar-refractivity contribution < 1.29 is 17.9 Å². The van der Waals surface area contributed by atoms with Gasteiger partial charge in [0.05, 0.1) is 22.8 Å². The van der Waals surface area contributed by atoms with Gasteiger partial charge in [-0.15, -0.1) is 5.10 Å². The molecule has 1 aromatic heterocycles. The molecule has 0 spiro atoms. The molecule has 0 aliphatic rings. The molecule has 0 atom stereocenters. The molecule has 0 unspecified atom stereocenters. The highest BCUT2D eigenvalue weighted by Crippen LogP contribution is 2.36. The molecule has 0 aliphatic carbocycles. The lowest BCUT2D eigenvalue weighted by Crippen LogP contribution is -2.14. The second kappa shape index (κ2) is 5.51. The first-order chi connectivity index (χ1) is 9.66. The van der Waals surface area contributed by atoms with Crippen LogP contribution in [0, 0.1) is 4.77 Å². The van der Waals surface area contributed by atoms with Gasteiger partial charge >= 0.3 is 6.18 Å². The first-order valence-corrected chi connectivity index (χ1v) is 6.60. The molecule has 10 heteroatoms. The van der Waals surface area contributed by atoms with Crippen LogP contribution in [0.25, 0.3) is 5.69 Å². The van der Waals surface area contributed by atoms with Gasteiger partial charge in [-0.3, -0.25) is 4.57 Å². The number of halogens is 5. The van der Waals surface area contributed by atoms with E-state index in [4.69, 9.17) is 40.2 Å². The van der Waals surface area contributed by atoms with Gasteiger partial charge in [-0.1, -0.05) is 23.2 Å². The first kappa shape index (κ1) is 16.1. The van der Waals surface area contributed by atoms with Crippen LogP contribution in [0.5, 0.6) is 5.75 Å². The Morgan fingerprint density at radius 1 is 1.24 bits per heavy atom. The molecule has 114 valence electrons. The average molecular weight is 358 g/mol. The van der Waals surface area contributed by atoms with Crippen molar-refractivity contribution in [3.05, 3.63) is 32.8 Å². The molecule has 1 heterocycles. The Morgan fingerprint density at radius 3 is 2.38 bits per heavy atom. The minimum Gasteiger partial charge on any atom is -0.495 e. The molecule has 0 saturated heterocycles. The fourth-order valence-corrected chi connectivity index (χ4v) is 2.41. The summed E-state index contributed by atoms with van der Waals surface area (Å²) in [5.41, 5.74) is -0.0205. The minimum atomic E-state index is -4.69. The van der Waals surface area contributed by atoms with Crippen molar-refractivity contribution in [2.24, 2.45) is 7.05 Å². The van der Waals surface area contributed by atoms with Gasteiger partial charge in [0, 0.05) is 13.1 Å². The van der Waals surface area contributed by atoms with Crippen molar-refractivity contribution >= 4 is 35.4 Å². The lowest BCUT2D eigenvalue weighted by Gasteiger charge is -2.12. The Hall–Kier alpha value is -1.25. The van der Waals surface area contributed by atoms with E-state index in [1.54, 1.807) is 0 Å². The van der Waals surface area contributed by atoms with Gasteiger partial charge in [0.2, 0.25) is 10.6 Å². The van der Waals surface area contributed by atoms with E-state index in [9.17, 15) is 13.2 Å². The van der Waals surface area contributed by atoms with E-state index in [0.29, 0.717) is 0 Å². The fraction of sp³-hybridized carbons (Fsp3) is 0.273. The van der Waals surface area contributed by atoms with E-state index in [1.807, 2.05) is 0 Å². The Kier molecular flexibility index (Phi) is 4.23. The molecular weight excluding hydrogens is 350 g/mol. The van der Waals surface area contributed by atoms with Crippen LogP contribution in [0.4, 0.5) is 13.2 Å². The second-order valence-electron chi connectivity index (χ2n) is 4.00. The van der Waals surface area contributed by atoms with Crippen molar-refractivity contribution in [3.63, 3.8) is 0 Å². The van der Waals surface area contributed by atoms with Crippen LogP contribution in [0.1, 0.15) is 5.82 Å². The van der Waals surface area contributed by atoms with Gasteiger partial charge in [0.1, 0.15) is 5.75 Å². The van der Waals surface area contributed by atoms with Gasteiger partial charge in [0.15, 0.2) is 0 Å². The molecule has 0 aliphatic heterocycles. The van der Waals surface area contributed by atoms with Gasteiger partial charge in [-0.2, -0.15) is 13.2 Å². The molecule has 0 bridgehead atoms. The van der Waals surface area contributed by atoms with E-state index in [0.717, 1.165) is 9.25 Å². The molecule has 0 amide bonds. The van der Waals surface area contributed by atoms with Crippen LogP contribution in [-0.2, 0) is 13.2 Å². The van der Waals surface area contributed by atoms with E-state index in [-0.39, 0.29) is 26.3 Å². The predicted molar refractivity (Wildman–Crippen MR) is 74.9 cm³/mol. The summed E-state index contributed by atoms with van der Waals surface area (Å²) >= 11 is 16.9. The van der Waals surface area contributed by atoms with Crippen LogP contribution >= 0.6 is 35.4 Å². The van der Waals surface area contributed by atoms with E-state index >= 15 is 0 Å². The quantitative estimate of drug-likeness (QED) is 0.752. The fourth-order valence-electron chi connectivity index (χ4n) is 1.71. The lowest BCUT2D eigenvalue weighted by molar-refractivity contribution is -0.146. The highest BCUT2D eigenvalue weighted by Gasteiger charge is 2.39. The Labute approximate surface area is 132 Å². The zero-order valence-corrected chi connectivity index (χ0v) is 13.0. The molecular formula is C11H8Cl2F3N3OS. The SMILES string of the molecule is COc1cc(Cl)c(-n2c(C(F)(F)F)nn(C)c2=S)cc1Cl. The first-order valence-electron chi connectivity index (χ1n) is 5.43. The molecule has 0 saturated carbocycles. The molecule has 4 nitrogen and oxygen atoms in total. The zero-order valence-electron chi connectivity index (χ0n) is 10.7. The van der Waals surface area contributed by atoms with E-state index in [2.05, 4.69) is 5.10 Å². The summed E-state index contributed by atoms with van der Waals surface area (Å²) in [5.74, 6) is -0.937. The number of rotatable bonds is 2. The maximum Gasteiger partial charge on any atom is 0.452 e. The molecule has 2 aromatic rings. The number of aryl methyl sites for hydroxylation is 1. The smallest absolute Gasteiger partial charge is 0.452 e. The summed E-state index contributed by atoms with van der Waals surface area (Å²) in [6, 6.07) is 2.56. The largest absolute Gasteiger partial charge is 0.495 e. The second-order valence-corrected chi connectivity index (χ2v) is 5.18. The number of methoxy groups -OCH3 is 1. The topological polar surface area (TPSA) is 32.0 Å². The summed E-state index contributed by atoms with van der Waals surface area (Å²) < 4.78 is 45.6. The molecule has 0 radical (unpaired) electrons. The highest BCUT2D eigenvalue weighted by molar-refractivity contribution is 7.71. The lowest BCUT2D eigenvalue weighted by atomic mass is 10.3. The van der Waals surface area contributed by atoms with Crippen LogP contribution in [0.3, 0.4) is 0 Å². The zero-order chi connectivity index (χ0) is 15.9. The van der Waals surface area contributed by atoms with Crippen LogP contribution < -0.4 is 4.74 Å². The third-order valence-corrected chi connectivity index (χ3v) is 3.69. The number of alkyl halides is 3. The maximum atomic E-state index is 13.1.